The highest BCUT2D eigenvalue weighted by molar-refractivity contribution is 6.04. The summed E-state index contributed by atoms with van der Waals surface area (Å²) in [7, 11) is 0. The fraction of sp³-hybridized carbons (Fsp3) is 0.409. The second-order valence-electron chi connectivity index (χ2n) is 7.97. The summed E-state index contributed by atoms with van der Waals surface area (Å²) in [6.07, 6.45) is 3.70. The molecule has 0 bridgehead atoms. The zero-order valence-corrected chi connectivity index (χ0v) is 16.2. The fourth-order valence-corrected chi connectivity index (χ4v) is 3.90. The van der Waals surface area contributed by atoms with E-state index in [1.54, 1.807) is 6.07 Å². The number of rotatable bonds is 6. The van der Waals surface area contributed by atoms with E-state index in [-0.39, 0.29) is 29.7 Å². The third-order valence-corrected chi connectivity index (χ3v) is 5.76. The number of ether oxygens (including phenoxy) is 2. The van der Waals surface area contributed by atoms with E-state index in [4.69, 9.17) is 9.47 Å². The predicted octanol–water partition coefficient (Wildman–Crippen LogP) is 3.46. The average Bonchev–Trinajstić information content (AvgIpc) is 3.38. The lowest BCUT2D eigenvalue weighted by atomic mass is 10.1. The molecular weight excluding hydrogens is 394 g/mol. The van der Waals surface area contributed by atoms with E-state index in [0.717, 1.165) is 18.9 Å². The maximum absolute atomic E-state index is 14.4. The summed E-state index contributed by atoms with van der Waals surface area (Å²) < 4.78 is 39.6. The first-order valence-corrected chi connectivity index (χ1v) is 10.1. The number of ketones is 1. The van der Waals surface area contributed by atoms with Crippen LogP contribution in [0.15, 0.2) is 24.4 Å². The zero-order chi connectivity index (χ0) is 20.8. The molecule has 156 valence electrons. The highest BCUT2D eigenvalue weighted by Crippen LogP contribution is 2.33. The number of halogens is 2. The third-order valence-electron chi connectivity index (χ3n) is 5.76. The monoisotopic (exact) mass is 414 g/mol. The van der Waals surface area contributed by atoms with E-state index >= 15 is 0 Å². The predicted molar refractivity (Wildman–Crippen MR) is 103 cm³/mol. The maximum Gasteiger partial charge on any atom is 0.268 e. The van der Waals surface area contributed by atoms with Crippen LogP contribution in [0.5, 0.6) is 11.6 Å². The molecule has 1 atom stereocenters. The second kappa shape index (κ2) is 7.34. The number of nitrogens with zero attached hydrogens (tertiary/aromatic N) is 2. The number of Topliss-reactive ketones (excluding diaryl/α,β-unsaturated/α-hetero) is 1. The van der Waals surface area contributed by atoms with Gasteiger partial charge in [-0.3, -0.25) is 9.59 Å². The van der Waals surface area contributed by atoms with E-state index in [0.29, 0.717) is 48.7 Å². The zero-order valence-electron chi connectivity index (χ0n) is 16.2. The lowest BCUT2D eigenvalue weighted by molar-refractivity contribution is -0.122. The van der Waals surface area contributed by atoms with Gasteiger partial charge in [0.05, 0.1) is 12.8 Å². The van der Waals surface area contributed by atoms with Gasteiger partial charge in [0.1, 0.15) is 11.6 Å². The number of amides is 1. The number of fused-ring (bicyclic) bond motifs is 1. The minimum atomic E-state index is -0.837. The van der Waals surface area contributed by atoms with Crippen molar-refractivity contribution in [1.29, 1.82) is 0 Å². The number of carbonyl (C=O) groups excluding carboxylic acids is 2. The van der Waals surface area contributed by atoms with E-state index in [1.807, 2.05) is 0 Å². The molecule has 2 heterocycles. The topological polar surface area (TPSA) is 68.7 Å². The van der Waals surface area contributed by atoms with Crippen molar-refractivity contribution >= 4 is 17.4 Å². The average molecular weight is 414 g/mol. The smallest absolute Gasteiger partial charge is 0.268 e. The van der Waals surface area contributed by atoms with Crippen LogP contribution >= 0.6 is 0 Å². The molecule has 8 heteroatoms. The molecule has 0 N–H and O–H groups in total. The van der Waals surface area contributed by atoms with Gasteiger partial charge in [0.25, 0.3) is 11.8 Å². The van der Waals surface area contributed by atoms with Gasteiger partial charge in [-0.25, -0.2) is 13.8 Å². The number of anilines is 1. The maximum atomic E-state index is 14.4. The van der Waals surface area contributed by atoms with Crippen LogP contribution in [-0.4, -0.2) is 35.9 Å². The molecule has 2 aliphatic carbocycles. The summed E-state index contributed by atoms with van der Waals surface area (Å²) in [6.45, 7) is 0.758. The van der Waals surface area contributed by atoms with Gasteiger partial charge in [-0.15, -0.1) is 0 Å². The van der Waals surface area contributed by atoms with Gasteiger partial charge in [-0.05, 0) is 42.9 Å². The second-order valence-corrected chi connectivity index (χ2v) is 7.97. The number of hydrogen-bond donors (Lipinski definition) is 0. The Morgan fingerprint density at radius 2 is 1.90 bits per heavy atom. The first kappa shape index (κ1) is 19.0. The summed E-state index contributed by atoms with van der Waals surface area (Å²) in [6, 6.07) is 4.01. The number of benzene rings is 1. The first-order chi connectivity index (χ1) is 14.5. The molecule has 1 aliphatic heterocycles. The van der Waals surface area contributed by atoms with E-state index in [2.05, 4.69) is 4.98 Å². The molecule has 5 rings (SSSR count). The lowest BCUT2D eigenvalue weighted by Gasteiger charge is -2.18. The standard InChI is InChI=1S/C22H20F2N2O4/c23-17-8-13(7-16-15(17)3-4-19(16)27)26-6-5-20(22(26)28)30-14-9-18(24)21(25-10-14)29-11-12-1-2-12/h7-10,12,20H,1-6,11H2/t20-/m1/s1. The van der Waals surface area contributed by atoms with Crippen LogP contribution in [0.25, 0.3) is 0 Å². The Morgan fingerprint density at radius 1 is 1.07 bits per heavy atom. The van der Waals surface area contributed by atoms with Crippen LogP contribution in [-0.2, 0) is 11.2 Å². The van der Waals surface area contributed by atoms with Crippen molar-refractivity contribution in [2.75, 3.05) is 18.1 Å². The first-order valence-electron chi connectivity index (χ1n) is 10.1. The van der Waals surface area contributed by atoms with Crippen LogP contribution < -0.4 is 14.4 Å². The fourth-order valence-electron chi connectivity index (χ4n) is 3.90. The Hall–Kier alpha value is -3.03. The van der Waals surface area contributed by atoms with Crippen molar-refractivity contribution in [3.05, 3.63) is 47.2 Å². The molecule has 1 saturated carbocycles. The molecule has 2 aromatic rings. The Morgan fingerprint density at radius 3 is 2.67 bits per heavy atom. The molecule has 1 amide bonds. The van der Waals surface area contributed by atoms with Gasteiger partial charge >= 0.3 is 0 Å². The van der Waals surface area contributed by atoms with Gasteiger partial charge in [0, 0.05) is 36.7 Å². The van der Waals surface area contributed by atoms with Crippen LogP contribution in [0.3, 0.4) is 0 Å². The number of carbonyl (C=O) groups is 2. The van der Waals surface area contributed by atoms with Crippen molar-refractivity contribution in [1.82, 2.24) is 4.98 Å². The largest absolute Gasteiger partial charge is 0.479 e. The molecule has 0 radical (unpaired) electrons. The SMILES string of the molecule is O=C1CCc2c(F)cc(N3CC[C@@H](Oc4cnc(OCC5CC5)c(F)c4)C3=O)cc21. The van der Waals surface area contributed by atoms with Crippen LogP contribution in [0.1, 0.15) is 41.6 Å². The van der Waals surface area contributed by atoms with Gasteiger partial charge in [-0.1, -0.05) is 0 Å². The molecule has 1 saturated heterocycles. The van der Waals surface area contributed by atoms with Crippen molar-refractivity contribution in [2.24, 2.45) is 5.92 Å². The normalized spacial score (nSPS) is 20.6. The van der Waals surface area contributed by atoms with E-state index < -0.39 is 17.7 Å². The Bertz CT molecular complexity index is 1040. The number of aromatic nitrogens is 1. The summed E-state index contributed by atoms with van der Waals surface area (Å²) >= 11 is 0. The van der Waals surface area contributed by atoms with Crippen molar-refractivity contribution < 1.29 is 27.8 Å². The van der Waals surface area contributed by atoms with Crippen molar-refractivity contribution in [3.8, 4) is 11.6 Å². The summed E-state index contributed by atoms with van der Waals surface area (Å²) in [4.78, 5) is 30.1. The summed E-state index contributed by atoms with van der Waals surface area (Å²) in [5, 5.41) is 0. The molecule has 1 aromatic heterocycles. The Labute approximate surface area is 171 Å². The van der Waals surface area contributed by atoms with Gasteiger partial charge in [-0.2, -0.15) is 0 Å². The van der Waals surface area contributed by atoms with Crippen molar-refractivity contribution in [3.63, 3.8) is 0 Å². The van der Waals surface area contributed by atoms with E-state index in [9.17, 15) is 18.4 Å². The van der Waals surface area contributed by atoms with Crippen LogP contribution in [0.4, 0.5) is 14.5 Å². The minimum absolute atomic E-state index is 0.0769. The lowest BCUT2D eigenvalue weighted by Crippen LogP contribution is -2.32. The molecule has 6 nitrogen and oxygen atoms in total. The highest BCUT2D eigenvalue weighted by Gasteiger charge is 2.36. The minimum Gasteiger partial charge on any atom is -0.479 e. The molecule has 1 aromatic carbocycles. The van der Waals surface area contributed by atoms with E-state index in [1.165, 1.54) is 17.2 Å². The third kappa shape index (κ3) is 3.51. The highest BCUT2D eigenvalue weighted by atomic mass is 19.1. The number of pyridine rings is 1. The molecule has 3 aliphatic rings. The quantitative estimate of drug-likeness (QED) is 0.724. The Kier molecular flexibility index (Phi) is 4.64. The molecule has 2 fully saturated rings. The molecule has 0 unspecified atom stereocenters. The molecular formula is C22H20F2N2O4. The van der Waals surface area contributed by atoms with Crippen LogP contribution in [0, 0.1) is 17.6 Å². The summed E-state index contributed by atoms with van der Waals surface area (Å²) in [5.74, 6) is -1.07. The van der Waals surface area contributed by atoms with Gasteiger partial charge in [0.2, 0.25) is 0 Å². The Balaban J connectivity index is 1.28. The van der Waals surface area contributed by atoms with Crippen LogP contribution in [0.2, 0.25) is 0 Å². The van der Waals surface area contributed by atoms with Gasteiger partial charge in [0.15, 0.2) is 17.7 Å². The summed E-state index contributed by atoms with van der Waals surface area (Å²) in [5.41, 5.74) is 1.09. The number of hydrogen-bond acceptors (Lipinski definition) is 5. The van der Waals surface area contributed by atoms with Crippen molar-refractivity contribution in [2.45, 2.75) is 38.2 Å². The van der Waals surface area contributed by atoms with Gasteiger partial charge < -0.3 is 14.4 Å². The molecule has 0 spiro atoms. The molecule has 30 heavy (non-hydrogen) atoms.